The molecule has 1 aliphatic rings. The first-order chi connectivity index (χ1) is 14.7. The second-order valence-electron chi connectivity index (χ2n) is 7.58. The molecule has 0 aliphatic carbocycles. The van der Waals surface area contributed by atoms with Gasteiger partial charge in [-0.25, -0.2) is 19.7 Å². The van der Waals surface area contributed by atoms with Crippen LogP contribution >= 0.6 is 0 Å². The molecule has 30 heavy (non-hydrogen) atoms. The van der Waals surface area contributed by atoms with Crippen LogP contribution in [0.25, 0.3) is 16.8 Å². The van der Waals surface area contributed by atoms with Crippen molar-refractivity contribution in [1.29, 1.82) is 0 Å². The van der Waals surface area contributed by atoms with Gasteiger partial charge in [0.25, 0.3) is 0 Å². The monoisotopic (exact) mass is 405 g/mol. The van der Waals surface area contributed by atoms with E-state index in [9.17, 15) is 4.79 Å². The Morgan fingerprint density at radius 1 is 1.00 bits per heavy atom. The van der Waals surface area contributed by atoms with Crippen LogP contribution in [0.4, 0.5) is 0 Å². The summed E-state index contributed by atoms with van der Waals surface area (Å²) in [6.45, 7) is 3.27. The van der Waals surface area contributed by atoms with Gasteiger partial charge < -0.3 is 4.74 Å². The first kappa shape index (κ1) is 18.7. The summed E-state index contributed by atoms with van der Waals surface area (Å²) in [5, 5.41) is 4.12. The van der Waals surface area contributed by atoms with Gasteiger partial charge in [-0.2, -0.15) is 9.61 Å². The van der Waals surface area contributed by atoms with E-state index in [2.05, 4.69) is 20.0 Å². The van der Waals surface area contributed by atoms with E-state index < -0.39 is 0 Å². The van der Waals surface area contributed by atoms with E-state index in [0.29, 0.717) is 23.4 Å². The quantitative estimate of drug-likeness (QED) is 0.501. The lowest BCUT2D eigenvalue weighted by Crippen LogP contribution is -2.31. The number of aromatic nitrogens is 6. The van der Waals surface area contributed by atoms with Crippen molar-refractivity contribution in [3.05, 3.63) is 58.5 Å². The fourth-order valence-electron chi connectivity index (χ4n) is 3.99. The van der Waals surface area contributed by atoms with Crippen molar-refractivity contribution >= 4 is 16.8 Å². The summed E-state index contributed by atoms with van der Waals surface area (Å²) in [5.41, 5.74) is 3.09. The molecule has 0 N–H and O–H groups in total. The highest BCUT2D eigenvalue weighted by molar-refractivity contribution is 5.84. The molecule has 4 aromatic rings. The third-order valence-electron chi connectivity index (χ3n) is 5.56. The number of ether oxygens (including phenoxy) is 1. The Balaban J connectivity index is 1.58. The number of methoxy groups -OCH3 is 1. The molecule has 0 bridgehead atoms. The molecule has 9 heteroatoms. The Bertz CT molecular complexity index is 1240. The molecule has 1 aliphatic heterocycles. The molecule has 5 rings (SSSR count). The largest absolute Gasteiger partial charge is 0.497 e. The molecule has 9 nitrogen and oxygen atoms in total. The van der Waals surface area contributed by atoms with Crippen LogP contribution in [0.15, 0.2) is 41.6 Å². The van der Waals surface area contributed by atoms with E-state index in [0.717, 1.165) is 36.6 Å². The van der Waals surface area contributed by atoms with Gasteiger partial charge in [0.1, 0.15) is 12.1 Å². The van der Waals surface area contributed by atoms with Crippen LogP contribution in [-0.2, 0) is 13.1 Å². The lowest BCUT2D eigenvalue weighted by atomic mass is 10.1. The van der Waals surface area contributed by atoms with Gasteiger partial charge in [-0.3, -0.25) is 9.47 Å². The molecule has 154 valence electrons. The van der Waals surface area contributed by atoms with Gasteiger partial charge in [0.05, 0.1) is 25.5 Å². The van der Waals surface area contributed by atoms with Gasteiger partial charge in [-0.1, -0.05) is 18.6 Å². The Morgan fingerprint density at radius 3 is 2.57 bits per heavy atom. The topological polar surface area (TPSA) is 90.4 Å². The summed E-state index contributed by atoms with van der Waals surface area (Å²) in [4.78, 5) is 29.2. The fraction of sp³-hybridized carbons (Fsp3) is 0.381. The zero-order valence-electron chi connectivity index (χ0n) is 16.9. The molecule has 0 atom stereocenters. The summed E-state index contributed by atoms with van der Waals surface area (Å²) >= 11 is 0. The third-order valence-corrected chi connectivity index (χ3v) is 5.56. The van der Waals surface area contributed by atoms with E-state index in [1.807, 2.05) is 24.3 Å². The first-order valence-electron chi connectivity index (χ1n) is 10.2. The molecule has 0 spiro atoms. The normalized spacial score (nSPS) is 15.1. The molecule has 1 aromatic carbocycles. The van der Waals surface area contributed by atoms with Gasteiger partial charge in [-0.15, -0.1) is 0 Å². The second kappa shape index (κ2) is 7.83. The average Bonchev–Trinajstić information content (AvgIpc) is 3.28. The number of benzene rings is 1. The van der Waals surface area contributed by atoms with Gasteiger partial charge in [0.2, 0.25) is 0 Å². The van der Waals surface area contributed by atoms with Crippen LogP contribution in [0.1, 0.15) is 30.5 Å². The van der Waals surface area contributed by atoms with Crippen LogP contribution in [0.2, 0.25) is 0 Å². The smallest absolute Gasteiger partial charge is 0.352 e. The molecule has 0 unspecified atom stereocenters. The minimum atomic E-state index is -0.288. The van der Waals surface area contributed by atoms with Crippen LogP contribution < -0.4 is 10.4 Å². The highest BCUT2D eigenvalue weighted by atomic mass is 16.5. The number of hydrogen-bond donors (Lipinski definition) is 0. The van der Waals surface area contributed by atoms with E-state index in [1.54, 1.807) is 17.9 Å². The van der Waals surface area contributed by atoms with Gasteiger partial charge in [0, 0.05) is 6.54 Å². The van der Waals surface area contributed by atoms with Crippen LogP contribution in [0, 0.1) is 0 Å². The second-order valence-corrected chi connectivity index (χ2v) is 7.58. The summed E-state index contributed by atoms with van der Waals surface area (Å²) in [5.74, 6) is 0.768. The summed E-state index contributed by atoms with van der Waals surface area (Å²) in [6, 6.07) is 7.61. The van der Waals surface area contributed by atoms with Gasteiger partial charge in [0.15, 0.2) is 16.8 Å². The van der Waals surface area contributed by atoms with Crippen molar-refractivity contribution in [3.8, 4) is 5.75 Å². The molecule has 1 fully saturated rings. The SMILES string of the molecule is COc1ccc(Cn2c(=O)n3ncnc3c3nc(CN4CCCCC4)cnc32)cc1. The highest BCUT2D eigenvalue weighted by Gasteiger charge is 2.17. The van der Waals surface area contributed by atoms with Gasteiger partial charge in [-0.05, 0) is 43.6 Å². The number of likely N-dealkylation sites (tertiary alicyclic amines) is 1. The summed E-state index contributed by atoms with van der Waals surface area (Å²) in [6.07, 6.45) is 6.88. The van der Waals surface area contributed by atoms with Crippen LogP contribution in [-0.4, -0.2) is 54.2 Å². The molecule has 3 aromatic heterocycles. The number of fused-ring (bicyclic) bond motifs is 3. The van der Waals surface area contributed by atoms with Crippen LogP contribution in [0.3, 0.4) is 0 Å². The van der Waals surface area contributed by atoms with E-state index in [1.165, 1.54) is 30.1 Å². The number of piperidine rings is 1. The molecule has 1 saturated heterocycles. The van der Waals surface area contributed by atoms with Crippen molar-refractivity contribution in [2.45, 2.75) is 32.4 Å². The summed E-state index contributed by atoms with van der Waals surface area (Å²) < 4.78 is 8.11. The fourth-order valence-corrected chi connectivity index (χ4v) is 3.99. The predicted molar refractivity (Wildman–Crippen MR) is 112 cm³/mol. The number of hydrogen-bond acceptors (Lipinski definition) is 7. The van der Waals surface area contributed by atoms with E-state index >= 15 is 0 Å². The lowest BCUT2D eigenvalue weighted by Gasteiger charge is -2.25. The van der Waals surface area contributed by atoms with Crippen molar-refractivity contribution < 1.29 is 4.74 Å². The Hall–Kier alpha value is -3.33. The van der Waals surface area contributed by atoms with Crippen LogP contribution in [0.5, 0.6) is 5.75 Å². The zero-order valence-corrected chi connectivity index (χ0v) is 16.9. The molecular formula is C21H23N7O2. The highest BCUT2D eigenvalue weighted by Crippen LogP contribution is 2.18. The molecule has 4 heterocycles. The van der Waals surface area contributed by atoms with Crippen molar-refractivity contribution in [2.75, 3.05) is 20.2 Å². The Kier molecular flexibility index (Phi) is 4.88. The number of rotatable bonds is 5. The molecule has 0 amide bonds. The number of nitrogens with zero attached hydrogens (tertiary/aromatic N) is 7. The first-order valence-corrected chi connectivity index (χ1v) is 10.2. The Morgan fingerprint density at radius 2 is 1.80 bits per heavy atom. The lowest BCUT2D eigenvalue weighted by molar-refractivity contribution is 0.218. The Labute approximate surface area is 173 Å². The molecule has 0 saturated carbocycles. The average molecular weight is 405 g/mol. The van der Waals surface area contributed by atoms with E-state index in [4.69, 9.17) is 9.72 Å². The van der Waals surface area contributed by atoms with Crippen molar-refractivity contribution in [2.24, 2.45) is 0 Å². The maximum Gasteiger partial charge on any atom is 0.352 e. The summed E-state index contributed by atoms with van der Waals surface area (Å²) in [7, 11) is 1.63. The van der Waals surface area contributed by atoms with E-state index in [-0.39, 0.29) is 5.69 Å². The maximum absolute atomic E-state index is 13.1. The minimum Gasteiger partial charge on any atom is -0.497 e. The van der Waals surface area contributed by atoms with Crippen molar-refractivity contribution in [3.63, 3.8) is 0 Å². The predicted octanol–water partition coefficient (Wildman–Crippen LogP) is 1.88. The molecular weight excluding hydrogens is 382 g/mol. The maximum atomic E-state index is 13.1. The van der Waals surface area contributed by atoms with Gasteiger partial charge >= 0.3 is 5.69 Å². The standard InChI is InChI=1S/C21H23N7O2/c1-30-17-7-5-15(6-8-17)12-27-19-18(20-23-14-24-28(20)21(27)29)25-16(11-22-19)13-26-9-3-2-4-10-26/h5-8,11,14H,2-4,9-10,12-13H2,1H3. The third kappa shape index (κ3) is 3.41. The van der Waals surface area contributed by atoms with Crippen molar-refractivity contribution in [1.82, 2.24) is 34.0 Å². The molecule has 0 radical (unpaired) electrons. The minimum absolute atomic E-state index is 0.288. The zero-order chi connectivity index (χ0) is 20.5.